The summed E-state index contributed by atoms with van der Waals surface area (Å²) in [5.74, 6) is 0. The summed E-state index contributed by atoms with van der Waals surface area (Å²) in [5, 5.41) is 0. The van der Waals surface area contributed by atoms with E-state index in [-0.39, 0.29) is 6.10 Å². The van der Waals surface area contributed by atoms with Gasteiger partial charge in [-0.05, 0) is 12.0 Å². The van der Waals surface area contributed by atoms with Crippen molar-refractivity contribution in [1.82, 2.24) is 0 Å². The van der Waals surface area contributed by atoms with Gasteiger partial charge in [-0.3, -0.25) is 0 Å². The first-order valence-corrected chi connectivity index (χ1v) is 9.25. The van der Waals surface area contributed by atoms with Crippen molar-refractivity contribution < 1.29 is 14.0 Å². The van der Waals surface area contributed by atoms with E-state index in [1.807, 2.05) is 30.3 Å². The summed E-state index contributed by atoms with van der Waals surface area (Å²) in [5.41, 5.74) is 0.984. The number of unbranched alkanes of at least 4 members (excludes halogenated alkanes) is 7. The largest absolute Gasteiger partial charge is 0.695 e. The summed E-state index contributed by atoms with van der Waals surface area (Å²) in [6.45, 7) is 2.23. The molecule has 118 valence electrons. The lowest BCUT2D eigenvalue weighted by Gasteiger charge is -2.10. The minimum atomic E-state index is -2.55. The minimum Gasteiger partial charge on any atom is -0.133 e. The predicted octanol–water partition coefficient (Wildman–Crippen LogP) is 5.92. The van der Waals surface area contributed by atoms with Gasteiger partial charge in [-0.1, -0.05) is 88.6 Å². The van der Waals surface area contributed by atoms with Gasteiger partial charge in [0.15, 0.2) is 0 Å². The van der Waals surface area contributed by atoms with Crippen LogP contribution in [-0.2, 0) is 9.09 Å². The fourth-order valence-corrected chi connectivity index (χ4v) is 2.97. The maximum atomic E-state index is 10.9. The van der Waals surface area contributed by atoms with Gasteiger partial charge in [0, 0.05) is 4.57 Å². The molecular formula is C17H28O3P+. The Morgan fingerprint density at radius 3 is 2.14 bits per heavy atom. The maximum Gasteiger partial charge on any atom is 0.695 e. The van der Waals surface area contributed by atoms with Crippen molar-refractivity contribution >= 4 is 8.25 Å². The van der Waals surface area contributed by atoms with Crippen molar-refractivity contribution in [1.29, 1.82) is 0 Å². The summed E-state index contributed by atoms with van der Waals surface area (Å²) >= 11 is 0. The molecule has 0 bridgehead atoms. The average Bonchev–Trinajstić information content (AvgIpc) is 2.49. The normalized spacial score (nSPS) is 13.1. The molecule has 3 nitrogen and oxygen atoms in total. The third-order valence-electron chi connectivity index (χ3n) is 3.71. The van der Waals surface area contributed by atoms with Crippen LogP contribution in [0.1, 0.15) is 76.4 Å². The number of rotatable bonds is 12. The summed E-state index contributed by atoms with van der Waals surface area (Å²) in [4.78, 5) is 8.99. The third kappa shape index (κ3) is 8.98. The van der Waals surface area contributed by atoms with Crippen LogP contribution in [0.25, 0.3) is 0 Å². The van der Waals surface area contributed by atoms with Crippen LogP contribution in [0.2, 0.25) is 0 Å². The Balaban J connectivity index is 2.23. The number of benzene rings is 1. The van der Waals surface area contributed by atoms with Gasteiger partial charge >= 0.3 is 8.25 Å². The van der Waals surface area contributed by atoms with Crippen LogP contribution in [0.3, 0.4) is 0 Å². The van der Waals surface area contributed by atoms with Gasteiger partial charge in [0.05, 0.1) is 0 Å². The van der Waals surface area contributed by atoms with Crippen molar-refractivity contribution in [3.05, 3.63) is 35.9 Å². The molecule has 1 aromatic rings. The van der Waals surface area contributed by atoms with E-state index in [0.29, 0.717) is 0 Å². The predicted molar refractivity (Wildman–Crippen MR) is 87.3 cm³/mol. The van der Waals surface area contributed by atoms with Crippen molar-refractivity contribution in [3.8, 4) is 0 Å². The van der Waals surface area contributed by atoms with Crippen LogP contribution in [0.5, 0.6) is 0 Å². The second-order valence-corrected chi connectivity index (χ2v) is 6.19. The maximum absolute atomic E-state index is 10.9. The molecule has 0 spiro atoms. The molecule has 0 amide bonds. The van der Waals surface area contributed by atoms with E-state index in [9.17, 15) is 4.57 Å². The minimum absolute atomic E-state index is 0.264. The summed E-state index contributed by atoms with van der Waals surface area (Å²) in [7, 11) is -2.55. The SMILES string of the molecule is CCCCCCCCCCC(O[P+](=O)O)c1ccccc1. The molecule has 0 aromatic heterocycles. The quantitative estimate of drug-likeness (QED) is 0.384. The van der Waals surface area contributed by atoms with Crippen LogP contribution >= 0.6 is 8.25 Å². The first-order valence-electron chi connectivity index (χ1n) is 8.12. The highest BCUT2D eigenvalue weighted by Gasteiger charge is 2.23. The Morgan fingerprint density at radius 2 is 1.57 bits per heavy atom. The third-order valence-corrected chi connectivity index (χ3v) is 4.14. The molecule has 2 atom stereocenters. The fraction of sp³-hybridized carbons (Fsp3) is 0.647. The second kappa shape index (κ2) is 11.9. The van der Waals surface area contributed by atoms with E-state index in [1.54, 1.807) is 0 Å². The van der Waals surface area contributed by atoms with Gasteiger partial charge in [-0.15, -0.1) is 9.42 Å². The zero-order valence-corrected chi connectivity index (χ0v) is 13.9. The van der Waals surface area contributed by atoms with Crippen LogP contribution in [0, 0.1) is 0 Å². The summed E-state index contributed by atoms with van der Waals surface area (Å²) < 4.78 is 16.1. The molecule has 0 saturated carbocycles. The molecule has 1 rings (SSSR count). The van der Waals surface area contributed by atoms with Crippen molar-refractivity contribution in [2.24, 2.45) is 0 Å². The van der Waals surface area contributed by atoms with Crippen LogP contribution in [0.15, 0.2) is 30.3 Å². The van der Waals surface area contributed by atoms with E-state index < -0.39 is 8.25 Å². The zero-order valence-electron chi connectivity index (χ0n) is 13.0. The van der Waals surface area contributed by atoms with E-state index in [2.05, 4.69) is 6.92 Å². The Kier molecular flexibility index (Phi) is 10.3. The monoisotopic (exact) mass is 311 g/mol. The summed E-state index contributed by atoms with van der Waals surface area (Å²) in [6.07, 6.45) is 10.6. The average molecular weight is 311 g/mol. The molecule has 21 heavy (non-hydrogen) atoms. The van der Waals surface area contributed by atoms with Gasteiger partial charge in [0.2, 0.25) is 0 Å². The molecule has 0 radical (unpaired) electrons. The van der Waals surface area contributed by atoms with Gasteiger partial charge < -0.3 is 0 Å². The van der Waals surface area contributed by atoms with E-state index in [4.69, 9.17) is 9.42 Å². The van der Waals surface area contributed by atoms with Crippen LogP contribution in [0.4, 0.5) is 0 Å². The van der Waals surface area contributed by atoms with Gasteiger partial charge in [-0.2, -0.15) is 0 Å². The first-order chi connectivity index (χ1) is 10.2. The molecule has 2 unspecified atom stereocenters. The molecule has 0 fully saturated rings. The van der Waals surface area contributed by atoms with E-state index in [1.165, 1.54) is 44.9 Å². The molecule has 0 aliphatic heterocycles. The van der Waals surface area contributed by atoms with Crippen molar-refractivity contribution in [2.45, 2.75) is 70.8 Å². The smallest absolute Gasteiger partial charge is 0.133 e. The lowest BCUT2D eigenvalue weighted by atomic mass is 10.0. The van der Waals surface area contributed by atoms with Crippen molar-refractivity contribution in [3.63, 3.8) is 0 Å². The Bertz CT molecular complexity index is 381. The standard InChI is InChI=1S/C17H27O3P/c1-2-3-4-5-6-7-8-12-15-17(20-21(18)19)16-13-10-9-11-14-16/h9-11,13-14,17H,2-8,12,15H2,1H3/p+1. The molecule has 1 N–H and O–H groups in total. The highest BCUT2D eigenvalue weighted by atomic mass is 31.1. The van der Waals surface area contributed by atoms with Gasteiger partial charge in [0.25, 0.3) is 0 Å². The highest BCUT2D eigenvalue weighted by molar-refractivity contribution is 7.32. The first kappa shape index (κ1) is 18.3. The highest BCUT2D eigenvalue weighted by Crippen LogP contribution is 2.32. The second-order valence-electron chi connectivity index (χ2n) is 5.51. The number of hydrogen-bond donors (Lipinski definition) is 1. The molecule has 0 heterocycles. The lowest BCUT2D eigenvalue weighted by Crippen LogP contribution is -2.00. The molecule has 0 aliphatic rings. The Morgan fingerprint density at radius 1 is 1.00 bits per heavy atom. The fourth-order valence-electron chi connectivity index (χ4n) is 2.52. The Hall–Kier alpha value is -0.760. The summed E-state index contributed by atoms with van der Waals surface area (Å²) in [6, 6.07) is 9.71. The van der Waals surface area contributed by atoms with Crippen LogP contribution < -0.4 is 0 Å². The molecule has 0 aliphatic carbocycles. The Labute approximate surface area is 129 Å². The van der Waals surface area contributed by atoms with Gasteiger partial charge in [-0.25, -0.2) is 0 Å². The van der Waals surface area contributed by atoms with Gasteiger partial charge in [0.1, 0.15) is 6.10 Å². The molecular weight excluding hydrogens is 283 g/mol. The molecule has 1 aromatic carbocycles. The van der Waals surface area contributed by atoms with E-state index >= 15 is 0 Å². The molecule has 0 saturated heterocycles. The zero-order chi connectivity index (χ0) is 15.3. The lowest BCUT2D eigenvalue weighted by molar-refractivity contribution is 0.178. The molecule has 4 heteroatoms. The topological polar surface area (TPSA) is 46.5 Å². The van der Waals surface area contributed by atoms with E-state index in [0.717, 1.165) is 18.4 Å². The van der Waals surface area contributed by atoms with Crippen LogP contribution in [-0.4, -0.2) is 4.89 Å². The van der Waals surface area contributed by atoms with Crippen molar-refractivity contribution in [2.75, 3.05) is 0 Å². The number of hydrogen-bond acceptors (Lipinski definition) is 2.